The van der Waals surface area contributed by atoms with Crippen LogP contribution in [-0.4, -0.2) is 77.4 Å². The van der Waals surface area contributed by atoms with Crippen LogP contribution in [0.2, 0.25) is 0 Å². The van der Waals surface area contributed by atoms with Gasteiger partial charge in [-0.3, -0.25) is 19.3 Å². The third kappa shape index (κ3) is 4.54. The number of amides is 4. The van der Waals surface area contributed by atoms with Gasteiger partial charge in [0, 0.05) is 37.3 Å². The van der Waals surface area contributed by atoms with Crippen molar-refractivity contribution in [1.82, 2.24) is 20.9 Å². The highest BCUT2D eigenvalue weighted by atomic mass is 32.2. The lowest BCUT2D eigenvalue weighted by molar-refractivity contribution is -0.193. The van der Waals surface area contributed by atoms with Crippen LogP contribution in [0.1, 0.15) is 17.8 Å². The van der Waals surface area contributed by atoms with Crippen molar-refractivity contribution in [3.8, 4) is 0 Å². The predicted octanol–water partition coefficient (Wildman–Crippen LogP) is -0.00600. The van der Waals surface area contributed by atoms with E-state index in [1.807, 2.05) is 0 Å². The molecule has 0 aromatic carbocycles. The molecule has 2 aliphatic rings. The van der Waals surface area contributed by atoms with E-state index in [0.29, 0.717) is 4.88 Å². The van der Waals surface area contributed by atoms with Crippen LogP contribution in [0.5, 0.6) is 0 Å². The fourth-order valence-electron chi connectivity index (χ4n) is 3.42. The van der Waals surface area contributed by atoms with Gasteiger partial charge in [0.25, 0.3) is 17.5 Å². The van der Waals surface area contributed by atoms with Gasteiger partial charge in [-0.1, -0.05) is 6.07 Å². The summed E-state index contributed by atoms with van der Waals surface area (Å²) in [4.78, 5) is 62.7. The summed E-state index contributed by atoms with van der Waals surface area (Å²) in [6, 6.07) is 1.65. The number of thioether (sulfide) groups is 1. The lowest BCUT2D eigenvalue weighted by Crippen LogP contribution is -2.81. The van der Waals surface area contributed by atoms with E-state index in [2.05, 4.69) is 16.0 Å². The number of rotatable bonds is 8. The third-order valence-corrected chi connectivity index (χ3v) is 7.30. The molecule has 178 valence electrons. The Balaban J connectivity index is 1.87. The lowest BCUT2D eigenvalue weighted by Gasteiger charge is -2.55. The van der Waals surface area contributed by atoms with Gasteiger partial charge < -0.3 is 30.5 Å². The second kappa shape index (κ2) is 9.80. The average Bonchev–Trinajstić information content (AvgIpc) is 3.32. The Hall–Kier alpha value is -3.10. The van der Waals surface area contributed by atoms with E-state index >= 15 is 0 Å². The van der Waals surface area contributed by atoms with Crippen LogP contribution in [0.25, 0.3) is 0 Å². The quantitative estimate of drug-likeness (QED) is 0.219. The van der Waals surface area contributed by atoms with Crippen molar-refractivity contribution in [3.05, 3.63) is 33.7 Å². The molecule has 4 N–H and O–H groups in total. The number of hydrogen-bond acceptors (Lipinski definition) is 9. The summed E-state index contributed by atoms with van der Waals surface area (Å²) < 4.78 is 10.3. The molecular formula is C19H22N4O8S2. The number of ether oxygens (including phenoxy) is 2. The Bertz CT molecular complexity index is 1010. The predicted molar refractivity (Wildman–Crippen MR) is 117 cm³/mol. The summed E-state index contributed by atoms with van der Waals surface area (Å²) in [6.45, 7) is 0.917. The third-order valence-electron chi connectivity index (χ3n) is 4.99. The summed E-state index contributed by atoms with van der Waals surface area (Å²) in [6.07, 6.45) is 0. The molecular weight excluding hydrogens is 476 g/mol. The molecule has 0 radical (unpaired) electrons. The largest absolute Gasteiger partial charge is 0.477 e. The minimum absolute atomic E-state index is 0.134. The van der Waals surface area contributed by atoms with Crippen molar-refractivity contribution in [3.63, 3.8) is 0 Å². The maximum Gasteiger partial charge on any atom is 0.352 e. The van der Waals surface area contributed by atoms with Crippen molar-refractivity contribution in [1.29, 1.82) is 0 Å². The first kappa shape index (κ1) is 24.5. The molecule has 1 saturated heterocycles. The van der Waals surface area contributed by atoms with Crippen molar-refractivity contribution in [2.24, 2.45) is 0 Å². The highest BCUT2D eigenvalue weighted by Gasteiger charge is 2.67. The molecule has 0 aliphatic carbocycles. The molecule has 1 aromatic rings. The van der Waals surface area contributed by atoms with Crippen LogP contribution in [0.4, 0.5) is 4.79 Å². The Kier molecular flexibility index (Phi) is 7.29. The number of carboxylic acid groups (broad SMARTS) is 1. The number of nitrogens with one attached hydrogen (secondary N) is 3. The fraction of sp³-hybridized carbons (Fsp3) is 0.421. The molecule has 3 unspecified atom stereocenters. The number of carbonyl (C=O) groups is 5. The molecule has 0 spiro atoms. The van der Waals surface area contributed by atoms with Gasteiger partial charge in [-0.2, -0.15) is 0 Å². The van der Waals surface area contributed by atoms with E-state index in [0.717, 1.165) is 16.7 Å². The Morgan fingerprint density at radius 1 is 1.36 bits per heavy atom. The minimum atomic E-state index is -1.84. The SMILES string of the molecule is CNC(=O)NC(C(=O)NC1(OC)C(=O)N2C(C(=O)O)=C(COC(C)=O)CSC21)c1cccs1. The van der Waals surface area contributed by atoms with Gasteiger partial charge in [-0.25, -0.2) is 9.59 Å². The number of hydrogen-bond donors (Lipinski definition) is 4. The lowest BCUT2D eigenvalue weighted by atomic mass is 9.97. The number of esters is 1. The number of aliphatic carboxylic acids is 1. The summed E-state index contributed by atoms with van der Waals surface area (Å²) in [5.74, 6) is -3.32. The monoisotopic (exact) mass is 498 g/mol. The van der Waals surface area contributed by atoms with E-state index in [1.54, 1.807) is 17.5 Å². The van der Waals surface area contributed by atoms with E-state index in [1.165, 1.54) is 32.4 Å². The van der Waals surface area contributed by atoms with E-state index < -0.39 is 46.9 Å². The standard InChI is InChI=1S/C19H22N4O8S2/c1-9(24)31-7-10-8-33-17-19(30-3,16(28)23(17)13(10)15(26)27)22-14(25)12(21-18(29)20-2)11-5-4-6-32-11/h4-6,12,17H,7-8H2,1-3H3,(H,22,25)(H,26,27)(H2,20,21,29). The molecule has 3 rings (SSSR count). The van der Waals surface area contributed by atoms with Crippen molar-refractivity contribution >= 4 is 52.9 Å². The first-order valence-corrected chi connectivity index (χ1v) is 11.5. The number of methoxy groups -OCH3 is 1. The zero-order valence-corrected chi connectivity index (χ0v) is 19.5. The van der Waals surface area contributed by atoms with Gasteiger partial charge in [-0.05, 0) is 11.4 Å². The number of fused-ring (bicyclic) bond motifs is 1. The summed E-state index contributed by atoms with van der Waals surface area (Å²) in [5, 5.41) is 18.0. The molecule has 3 atom stereocenters. The zero-order chi connectivity index (χ0) is 24.3. The topological polar surface area (TPSA) is 163 Å². The van der Waals surface area contributed by atoms with Crippen LogP contribution < -0.4 is 16.0 Å². The molecule has 33 heavy (non-hydrogen) atoms. The Morgan fingerprint density at radius 2 is 2.09 bits per heavy atom. The average molecular weight is 499 g/mol. The molecule has 2 aliphatic heterocycles. The maximum atomic E-state index is 13.1. The van der Waals surface area contributed by atoms with Crippen molar-refractivity contribution < 1.29 is 38.6 Å². The number of β-lactam (4-membered cyclic amide) rings is 1. The van der Waals surface area contributed by atoms with Crippen LogP contribution >= 0.6 is 23.1 Å². The summed E-state index contributed by atoms with van der Waals surface area (Å²) in [5.41, 5.74) is -1.90. The summed E-state index contributed by atoms with van der Waals surface area (Å²) >= 11 is 2.39. The number of thiophene rings is 1. The van der Waals surface area contributed by atoms with E-state index in [-0.39, 0.29) is 23.6 Å². The molecule has 0 bridgehead atoms. The van der Waals surface area contributed by atoms with Crippen molar-refractivity contribution in [2.45, 2.75) is 24.1 Å². The van der Waals surface area contributed by atoms with Crippen LogP contribution in [0.3, 0.4) is 0 Å². The highest BCUT2D eigenvalue weighted by Crippen LogP contribution is 2.46. The minimum Gasteiger partial charge on any atom is -0.477 e. The van der Waals surface area contributed by atoms with Gasteiger partial charge in [0.1, 0.15) is 23.7 Å². The van der Waals surface area contributed by atoms with Crippen LogP contribution in [0, 0.1) is 0 Å². The van der Waals surface area contributed by atoms with Gasteiger partial charge in [0.05, 0.1) is 0 Å². The van der Waals surface area contributed by atoms with Crippen LogP contribution in [-0.2, 0) is 28.7 Å². The second-order valence-electron chi connectivity index (χ2n) is 6.98. The van der Waals surface area contributed by atoms with E-state index in [4.69, 9.17) is 9.47 Å². The molecule has 14 heteroatoms. The Morgan fingerprint density at radius 3 is 2.64 bits per heavy atom. The Labute approximate surface area is 196 Å². The number of carboxylic acids is 1. The maximum absolute atomic E-state index is 13.1. The number of carbonyl (C=O) groups excluding carboxylic acids is 4. The fourth-order valence-corrected chi connectivity index (χ4v) is 5.62. The van der Waals surface area contributed by atoms with Gasteiger partial charge >= 0.3 is 18.0 Å². The first-order chi connectivity index (χ1) is 15.7. The smallest absolute Gasteiger partial charge is 0.352 e. The van der Waals surface area contributed by atoms with Crippen LogP contribution in [0.15, 0.2) is 28.8 Å². The van der Waals surface area contributed by atoms with E-state index in [9.17, 15) is 29.1 Å². The van der Waals surface area contributed by atoms with Gasteiger partial charge in [0.15, 0.2) is 0 Å². The molecule has 1 aromatic heterocycles. The highest BCUT2D eigenvalue weighted by molar-refractivity contribution is 8.00. The normalized spacial score (nSPS) is 22.6. The van der Waals surface area contributed by atoms with Gasteiger partial charge in [-0.15, -0.1) is 23.1 Å². The number of nitrogens with zero attached hydrogens (tertiary/aromatic N) is 1. The molecule has 12 nitrogen and oxygen atoms in total. The van der Waals surface area contributed by atoms with Crippen molar-refractivity contribution in [2.75, 3.05) is 26.5 Å². The van der Waals surface area contributed by atoms with Gasteiger partial charge in [0.2, 0.25) is 0 Å². The zero-order valence-electron chi connectivity index (χ0n) is 17.9. The molecule has 0 saturated carbocycles. The first-order valence-electron chi connectivity index (χ1n) is 9.59. The second-order valence-corrected chi connectivity index (χ2v) is 9.02. The number of urea groups is 1. The summed E-state index contributed by atoms with van der Waals surface area (Å²) in [7, 11) is 2.62. The molecule has 1 fully saturated rings. The molecule has 4 amide bonds. The molecule has 3 heterocycles.